The van der Waals surface area contributed by atoms with Crippen molar-refractivity contribution in [2.24, 2.45) is 0 Å². The van der Waals surface area contributed by atoms with Gasteiger partial charge in [0.05, 0.1) is 0 Å². The third kappa shape index (κ3) is 2.00. The Labute approximate surface area is 70.4 Å². The first-order valence-corrected chi connectivity index (χ1v) is 4.41. The second-order valence-electron chi connectivity index (χ2n) is 3.13. The van der Waals surface area contributed by atoms with Crippen molar-refractivity contribution in [2.45, 2.75) is 26.7 Å². The second kappa shape index (κ2) is 3.32. The van der Waals surface area contributed by atoms with E-state index >= 15 is 0 Å². The predicted molar refractivity (Wildman–Crippen MR) is 52.4 cm³/mol. The molecule has 0 N–H and O–H groups in total. The minimum atomic E-state index is 0.528. The summed E-state index contributed by atoms with van der Waals surface area (Å²) in [4.78, 5) is 4.36. The summed E-state index contributed by atoms with van der Waals surface area (Å²) in [6.07, 6.45) is 1.90. The minimum absolute atomic E-state index is 0.528. The molecule has 0 radical (unpaired) electrons. The second-order valence-corrected chi connectivity index (χ2v) is 3.79. The summed E-state index contributed by atoms with van der Waals surface area (Å²) in [5.41, 5.74) is 2.49. The quantitative estimate of drug-likeness (QED) is 0.583. The van der Waals surface area contributed by atoms with Crippen LogP contribution in [0.1, 0.15) is 31.0 Å². The van der Waals surface area contributed by atoms with Gasteiger partial charge in [-0.3, -0.25) is 4.98 Å². The van der Waals surface area contributed by atoms with Crippen LogP contribution in [0.15, 0.2) is 12.3 Å². The molecule has 0 aliphatic rings. The highest BCUT2D eigenvalue weighted by molar-refractivity contribution is 7.27. The van der Waals surface area contributed by atoms with Crippen LogP contribution in [0.5, 0.6) is 0 Å². The van der Waals surface area contributed by atoms with Gasteiger partial charge in [-0.1, -0.05) is 13.8 Å². The zero-order chi connectivity index (χ0) is 8.43. The van der Waals surface area contributed by atoms with Crippen molar-refractivity contribution < 1.29 is 0 Å². The lowest BCUT2D eigenvalue weighted by atomic mass is 10.1. The molecule has 0 saturated heterocycles. The van der Waals surface area contributed by atoms with Crippen LogP contribution in [0, 0.1) is 6.92 Å². The lowest BCUT2D eigenvalue weighted by molar-refractivity contribution is 0.813. The summed E-state index contributed by atoms with van der Waals surface area (Å²) in [5.74, 6) is 0.528. The Morgan fingerprint density at radius 2 is 2.09 bits per heavy atom. The molecule has 1 unspecified atom stereocenters. The third-order valence-corrected chi connectivity index (χ3v) is 2.00. The molecule has 0 fully saturated rings. The van der Waals surface area contributed by atoms with Crippen LogP contribution >= 0.6 is 9.24 Å². The van der Waals surface area contributed by atoms with Crippen LogP contribution in [-0.4, -0.2) is 4.98 Å². The molecule has 1 aromatic heterocycles. The van der Waals surface area contributed by atoms with E-state index in [1.807, 2.05) is 6.20 Å². The molecule has 60 valence electrons. The molecule has 0 aliphatic heterocycles. The molecular weight excluding hydrogens is 153 g/mol. The van der Waals surface area contributed by atoms with Crippen molar-refractivity contribution in [2.75, 3.05) is 0 Å². The Kier molecular flexibility index (Phi) is 2.62. The van der Waals surface area contributed by atoms with Gasteiger partial charge < -0.3 is 0 Å². The zero-order valence-electron chi connectivity index (χ0n) is 7.26. The number of pyridine rings is 1. The Bertz CT molecular complexity index is 256. The Morgan fingerprint density at radius 3 is 2.55 bits per heavy atom. The van der Waals surface area contributed by atoms with Gasteiger partial charge in [-0.25, -0.2) is 0 Å². The normalized spacial score (nSPS) is 10.6. The predicted octanol–water partition coefficient (Wildman–Crippen LogP) is 2.01. The van der Waals surface area contributed by atoms with Gasteiger partial charge in [-0.05, 0) is 29.8 Å². The highest BCUT2D eigenvalue weighted by atomic mass is 31.0. The SMILES string of the molecule is Cc1cc(P)cnc1C(C)C. The first kappa shape index (κ1) is 8.67. The largest absolute Gasteiger partial charge is 0.260 e. The molecule has 1 atom stereocenters. The summed E-state index contributed by atoms with van der Waals surface area (Å²) in [6.45, 7) is 6.44. The number of hydrogen-bond donors (Lipinski definition) is 0. The van der Waals surface area contributed by atoms with E-state index in [1.54, 1.807) is 0 Å². The highest BCUT2D eigenvalue weighted by Crippen LogP contribution is 2.14. The van der Waals surface area contributed by atoms with Crippen molar-refractivity contribution in [1.82, 2.24) is 4.98 Å². The van der Waals surface area contributed by atoms with E-state index < -0.39 is 0 Å². The van der Waals surface area contributed by atoms with Crippen LogP contribution in [0.2, 0.25) is 0 Å². The van der Waals surface area contributed by atoms with E-state index in [9.17, 15) is 0 Å². The molecule has 11 heavy (non-hydrogen) atoms. The van der Waals surface area contributed by atoms with E-state index in [1.165, 1.54) is 11.3 Å². The molecule has 0 aromatic carbocycles. The van der Waals surface area contributed by atoms with Crippen LogP contribution in [0.4, 0.5) is 0 Å². The topological polar surface area (TPSA) is 12.9 Å². The summed E-state index contributed by atoms with van der Waals surface area (Å²) in [7, 11) is 2.66. The van der Waals surface area contributed by atoms with Gasteiger partial charge in [0.25, 0.3) is 0 Å². The zero-order valence-corrected chi connectivity index (χ0v) is 8.41. The summed E-state index contributed by atoms with van der Waals surface area (Å²) >= 11 is 0. The highest BCUT2D eigenvalue weighted by Gasteiger charge is 2.03. The van der Waals surface area contributed by atoms with Crippen LogP contribution in [0.25, 0.3) is 0 Å². The molecule has 2 heteroatoms. The molecule has 0 spiro atoms. The fraction of sp³-hybridized carbons (Fsp3) is 0.444. The van der Waals surface area contributed by atoms with Gasteiger partial charge >= 0.3 is 0 Å². The Morgan fingerprint density at radius 1 is 1.45 bits per heavy atom. The lowest BCUT2D eigenvalue weighted by Gasteiger charge is -2.07. The first-order valence-electron chi connectivity index (χ1n) is 3.83. The van der Waals surface area contributed by atoms with Crippen LogP contribution < -0.4 is 5.30 Å². The molecule has 0 bridgehead atoms. The maximum absolute atomic E-state index is 4.36. The molecule has 0 amide bonds. The fourth-order valence-corrected chi connectivity index (χ4v) is 1.54. The van der Waals surface area contributed by atoms with E-state index in [-0.39, 0.29) is 0 Å². The summed E-state index contributed by atoms with van der Waals surface area (Å²) in [6, 6.07) is 2.15. The van der Waals surface area contributed by atoms with Gasteiger partial charge in [-0.15, -0.1) is 9.24 Å². The monoisotopic (exact) mass is 167 g/mol. The van der Waals surface area contributed by atoms with Crippen molar-refractivity contribution in [3.8, 4) is 0 Å². The molecular formula is C9H14NP. The van der Waals surface area contributed by atoms with Crippen LogP contribution in [0.3, 0.4) is 0 Å². The van der Waals surface area contributed by atoms with E-state index in [2.05, 4.69) is 41.1 Å². The van der Waals surface area contributed by atoms with Crippen molar-refractivity contribution in [1.29, 1.82) is 0 Å². The molecule has 1 heterocycles. The van der Waals surface area contributed by atoms with Gasteiger partial charge in [-0.2, -0.15) is 0 Å². The first-order chi connectivity index (χ1) is 5.11. The minimum Gasteiger partial charge on any atom is -0.260 e. The van der Waals surface area contributed by atoms with Crippen molar-refractivity contribution in [3.05, 3.63) is 23.5 Å². The molecule has 1 nitrogen and oxygen atoms in total. The van der Waals surface area contributed by atoms with Crippen molar-refractivity contribution >= 4 is 14.5 Å². The summed E-state index contributed by atoms with van der Waals surface area (Å²) in [5, 5.41) is 1.16. The number of nitrogens with zero attached hydrogens (tertiary/aromatic N) is 1. The van der Waals surface area contributed by atoms with E-state index in [4.69, 9.17) is 0 Å². The Balaban J connectivity index is 3.09. The van der Waals surface area contributed by atoms with Crippen LogP contribution in [-0.2, 0) is 0 Å². The number of aromatic nitrogens is 1. The third-order valence-electron chi connectivity index (χ3n) is 1.69. The van der Waals surface area contributed by atoms with E-state index in [0.29, 0.717) is 5.92 Å². The van der Waals surface area contributed by atoms with Crippen molar-refractivity contribution in [3.63, 3.8) is 0 Å². The molecule has 1 rings (SSSR count). The number of aryl methyl sites for hydroxylation is 1. The van der Waals surface area contributed by atoms with Gasteiger partial charge in [0.2, 0.25) is 0 Å². The molecule has 0 saturated carbocycles. The van der Waals surface area contributed by atoms with Gasteiger partial charge in [0.15, 0.2) is 0 Å². The molecule has 1 aromatic rings. The smallest absolute Gasteiger partial charge is 0.0458 e. The average Bonchev–Trinajstić information content (AvgIpc) is 1.85. The maximum atomic E-state index is 4.36. The maximum Gasteiger partial charge on any atom is 0.0458 e. The number of hydrogen-bond acceptors (Lipinski definition) is 1. The fourth-order valence-electron chi connectivity index (χ4n) is 1.21. The van der Waals surface area contributed by atoms with E-state index in [0.717, 1.165) is 5.30 Å². The standard InChI is InChI=1S/C9H14NP/c1-6(2)9-7(3)4-8(11)5-10-9/h4-6H,11H2,1-3H3. The summed E-state index contributed by atoms with van der Waals surface area (Å²) < 4.78 is 0. The molecule has 0 aliphatic carbocycles. The lowest BCUT2D eigenvalue weighted by Crippen LogP contribution is -2.01. The van der Waals surface area contributed by atoms with Gasteiger partial charge in [0.1, 0.15) is 0 Å². The Hall–Kier alpha value is -0.420. The average molecular weight is 167 g/mol. The van der Waals surface area contributed by atoms with Gasteiger partial charge in [0, 0.05) is 11.9 Å². The number of rotatable bonds is 1.